The van der Waals surface area contributed by atoms with Gasteiger partial charge in [0.1, 0.15) is 5.75 Å². The zero-order chi connectivity index (χ0) is 11.4. The second-order valence-corrected chi connectivity index (χ2v) is 3.86. The first-order valence-corrected chi connectivity index (χ1v) is 4.96. The summed E-state index contributed by atoms with van der Waals surface area (Å²) in [5.41, 5.74) is 2.21. The molecule has 0 unspecified atom stereocenters. The molecule has 1 aromatic rings. The van der Waals surface area contributed by atoms with E-state index in [1.807, 2.05) is 25.1 Å². The van der Waals surface area contributed by atoms with Crippen LogP contribution in [0.2, 0.25) is 0 Å². The van der Waals surface area contributed by atoms with Crippen molar-refractivity contribution in [3.05, 3.63) is 29.3 Å². The summed E-state index contributed by atoms with van der Waals surface area (Å²) < 4.78 is 5.13. The molecule has 0 aliphatic carbocycles. The minimum atomic E-state index is -0.956. The van der Waals surface area contributed by atoms with E-state index >= 15 is 0 Å². The molecule has 0 fully saturated rings. The maximum Gasteiger partial charge on any atom is 0.341 e. The Morgan fingerprint density at radius 1 is 1.47 bits per heavy atom. The van der Waals surface area contributed by atoms with Crippen LogP contribution in [-0.4, -0.2) is 17.7 Å². The first kappa shape index (κ1) is 11.6. The molecule has 0 saturated heterocycles. The molecule has 1 aromatic carbocycles. The third kappa shape index (κ3) is 3.27. The monoisotopic (exact) mass is 208 g/mol. The number of carbonyl (C=O) groups is 1. The summed E-state index contributed by atoms with van der Waals surface area (Å²) in [6, 6.07) is 5.82. The lowest BCUT2D eigenvalue weighted by Crippen LogP contribution is -2.10. The number of hydrogen-bond donors (Lipinski definition) is 1. The van der Waals surface area contributed by atoms with Gasteiger partial charge in [-0.05, 0) is 30.0 Å². The number of ether oxygens (including phenoxy) is 1. The molecule has 1 N–H and O–H groups in total. The summed E-state index contributed by atoms with van der Waals surface area (Å²) in [4.78, 5) is 10.3. The van der Waals surface area contributed by atoms with Crippen LogP contribution in [-0.2, 0) is 4.79 Å². The number of hydrogen-bond acceptors (Lipinski definition) is 2. The highest BCUT2D eigenvalue weighted by atomic mass is 16.5. The smallest absolute Gasteiger partial charge is 0.341 e. The van der Waals surface area contributed by atoms with Gasteiger partial charge in [-0.3, -0.25) is 0 Å². The van der Waals surface area contributed by atoms with Crippen molar-refractivity contribution in [3.8, 4) is 5.75 Å². The fourth-order valence-electron chi connectivity index (χ4n) is 1.33. The number of carboxylic acid groups (broad SMARTS) is 1. The van der Waals surface area contributed by atoms with Gasteiger partial charge in [-0.2, -0.15) is 0 Å². The molecule has 0 radical (unpaired) electrons. The Kier molecular flexibility index (Phi) is 3.72. The molecule has 0 atom stereocenters. The zero-order valence-electron chi connectivity index (χ0n) is 9.28. The highest BCUT2D eigenvalue weighted by Crippen LogP contribution is 2.23. The van der Waals surface area contributed by atoms with E-state index in [-0.39, 0.29) is 6.61 Å². The summed E-state index contributed by atoms with van der Waals surface area (Å²) in [7, 11) is 0. The molecule has 0 aliphatic heterocycles. The van der Waals surface area contributed by atoms with Crippen molar-refractivity contribution in [2.75, 3.05) is 6.61 Å². The van der Waals surface area contributed by atoms with E-state index in [0.29, 0.717) is 11.7 Å². The van der Waals surface area contributed by atoms with Crippen molar-refractivity contribution in [2.45, 2.75) is 26.7 Å². The van der Waals surface area contributed by atoms with Crippen molar-refractivity contribution in [2.24, 2.45) is 0 Å². The Bertz CT molecular complexity index is 356. The molecule has 0 bridgehead atoms. The van der Waals surface area contributed by atoms with E-state index in [2.05, 4.69) is 13.8 Å². The second kappa shape index (κ2) is 4.82. The molecule has 82 valence electrons. The predicted molar refractivity (Wildman–Crippen MR) is 58.4 cm³/mol. The van der Waals surface area contributed by atoms with E-state index in [4.69, 9.17) is 9.84 Å². The standard InChI is InChI=1S/C12H16O3/c1-8(2)10-4-5-11(9(3)6-10)15-7-12(13)14/h4-6,8H,7H2,1-3H3,(H,13,14). The van der Waals surface area contributed by atoms with Gasteiger partial charge >= 0.3 is 5.97 Å². The van der Waals surface area contributed by atoms with Gasteiger partial charge in [0.2, 0.25) is 0 Å². The van der Waals surface area contributed by atoms with Crippen LogP contribution in [0.1, 0.15) is 30.9 Å². The number of benzene rings is 1. The first-order valence-electron chi connectivity index (χ1n) is 4.96. The Morgan fingerprint density at radius 3 is 2.60 bits per heavy atom. The molecule has 3 heteroatoms. The quantitative estimate of drug-likeness (QED) is 0.827. The maximum atomic E-state index is 10.3. The topological polar surface area (TPSA) is 46.5 Å². The molecular formula is C12H16O3. The van der Waals surface area contributed by atoms with Crippen molar-refractivity contribution >= 4 is 5.97 Å². The third-order valence-corrected chi connectivity index (χ3v) is 2.22. The Balaban J connectivity index is 2.79. The Hall–Kier alpha value is -1.51. The predicted octanol–water partition coefficient (Wildman–Crippen LogP) is 2.58. The fraction of sp³-hybridized carbons (Fsp3) is 0.417. The van der Waals surface area contributed by atoms with Crippen molar-refractivity contribution in [1.29, 1.82) is 0 Å². The first-order chi connectivity index (χ1) is 7.00. The summed E-state index contributed by atoms with van der Waals surface area (Å²) in [5.74, 6) is 0.154. The fourth-order valence-corrected chi connectivity index (χ4v) is 1.33. The Labute approximate surface area is 89.7 Å². The molecule has 0 amide bonds. The van der Waals surface area contributed by atoms with Gasteiger partial charge in [0.15, 0.2) is 6.61 Å². The summed E-state index contributed by atoms with van der Waals surface area (Å²) >= 11 is 0. The van der Waals surface area contributed by atoms with Crippen molar-refractivity contribution in [1.82, 2.24) is 0 Å². The van der Waals surface area contributed by atoms with Gasteiger partial charge < -0.3 is 9.84 Å². The number of aryl methyl sites for hydroxylation is 1. The molecule has 3 nitrogen and oxygen atoms in total. The second-order valence-electron chi connectivity index (χ2n) is 3.86. The number of aliphatic carboxylic acids is 1. The van der Waals surface area contributed by atoms with Crippen molar-refractivity contribution < 1.29 is 14.6 Å². The normalized spacial score (nSPS) is 10.4. The van der Waals surface area contributed by atoms with Crippen LogP contribution < -0.4 is 4.74 Å². The summed E-state index contributed by atoms with van der Waals surface area (Å²) in [5, 5.41) is 8.48. The lowest BCUT2D eigenvalue weighted by Gasteiger charge is -2.10. The number of rotatable bonds is 4. The van der Waals surface area contributed by atoms with Gasteiger partial charge in [0.25, 0.3) is 0 Å². The zero-order valence-corrected chi connectivity index (χ0v) is 9.28. The van der Waals surface area contributed by atoms with Crippen LogP contribution in [0.25, 0.3) is 0 Å². The lowest BCUT2D eigenvalue weighted by atomic mass is 10.0. The largest absolute Gasteiger partial charge is 0.482 e. The van der Waals surface area contributed by atoms with Crippen LogP contribution in [0, 0.1) is 6.92 Å². The molecule has 0 saturated carbocycles. The van der Waals surface area contributed by atoms with E-state index in [1.54, 1.807) is 0 Å². The minimum Gasteiger partial charge on any atom is -0.482 e. The van der Waals surface area contributed by atoms with Gasteiger partial charge in [0, 0.05) is 0 Å². The maximum absolute atomic E-state index is 10.3. The van der Waals surface area contributed by atoms with Gasteiger partial charge in [-0.15, -0.1) is 0 Å². The Morgan fingerprint density at radius 2 is 2.13 bits per heavy atom. The highest BCUT2D eigenvalue weighted by Gasteiger charge is 2.05. The van der Waals surface area contributed by atoms with Crippen LogP contribution >= 0.6 is 0 Å². The highest BCUT2D eigenvalue weighted by molar-refractivity contribution is 5.68. The number of carboxylic acids is 1. The molecular weight excluding hydrogens is 192 g/mol. The lowest BCUT2D eigenvalue weighted by molar-refractivity contribution is -0.139. The summed E-state index contributed by atoms with van der Waals surface area (Å²) in [6.45, 7) is 5.87. The van der Waals surface area contributed by atoms with E-state index in [0.717, 1.165) is 5.56 Å². The third-order valence-electron chi connectivity index (χ3n) is 2.22. The van der Waals surface area contributed by atoms with E-state index in [1.165, 1.54) is 5.56 Å². The van der Waals surface area contributed by atoms with Crippen LogP contribution in [0.4, 0.5) is 0 Å². The molecule has 15 heavy (non-hydrogen) atoms. The average Bonchev–Trinajstić information content (AvgIpc) is 2.15. The van der Waals surface area contributed by atoms with E-state index in [9.17, 15) is 4.79 Å². The average molecular weight is 208 g/mol. The van der Waals surface area contributed by atoms with Gasteiger partial charge in [-0.1, -0.05) is 26.0 Å². The van der Waals surface area contributed by atoms with Crippen LogP contribution in [0.3, 0.4) is 0 Å². The minimum absolute atomic E-state index is 0.290. The van der Waals surface area contributed by atoms with Crippen molar-refractivity contribution in [3.63, 3.8) is 0 Å². The summed E-state index contributed by atoms with van der Waals surface area (Å²) in [6.07, 6.45) is 0. The van der Waals surface area contributed by atoms with Crippen LogP contribution in [0.5, 0.6) is 5.75 Å². The molecule has 0 spiro atoms. The van der Waals surface area contributed by atoms with Gasteiger partial charge in [0.05, 0.1) is 0 Å². The van der Waals surface area contributed by atoms with Gasteiger partial charge in [-0.25, -0.2) is 4.79 Å². The van der Waals surface area contributed by atoms with E-state index < -0.39 is 5.97 Å². The van der Waals surface area contributed by atoms with Crippen LogP contribution in [0.15, 0.2) is 18.2 Å². The molecule has 0 heterocycles. The molecule has 1 rings (SSSR count). The molecule has 0 aliphatic rings. The SMILES string of the molecule is Cc1cc(C(C)C)ccc1OCC(=O)O. The molecule has 0 aromatic heterocycles.